The number of non-ortho nitro benzene ring substituents is 1. The van der Waals surface area contributed by atoms with Gasteiger partial charge in [0.25, 0.3) is 5.69 Å². The number of hydrogen-bond donors (Lipinski definition) is 1. The van der Waals surface area contributed by atoms with E-state index in [1.807, 2.05) is 0 Å². The van der Waals surface area contributed by atoms with Crippen LogP contribution in [0.4, 0.5) is 5.69 Å². The van der Waals surface area contributed by atoms with E-state index in [0.29, 0.717) is 13.2 Å². The van der Waals surface area contributed by atoms with E-state index in [2.05, 4.69) is 4.90 Å². The fourth-order valence-corrected chi connectivity index (χ4v) is 4.39. The molecule has 3 aliphatic rings. The third kappa shape index (κ3) is 2.27. The summed E-state index contributed by atoms with van der Waals surface area (Å²) in [6.07, 6.45) is 4.94. The Balaban J connectivity index is 1.69. The Labute approximate surface area is 140 Å². The van der Waals surface area contributed by atoms with Crippen molar-refractivity contribution in [2.45, 2.75) is 49.6 Å². The van der Waals surface area contributed by atoms with E-state index in [4.69, 9.17) is 9.47 Å². The van der Waals surface area contributed by atoms with Crippen LogP contribution in [0.1, 0.15) is 43.9 Å². The van der Waals surface area contributed by atoms with Gasteiger partial charge in [-0.3, -0.25) is 10.1 Å². The van der Waals surface area contributed by atoms with Crippen LogP contribution in [-0.2, 0) is 9.47 Å². The zero-order valence-corrected chi connectivity index (χ0v) is 13.5. The number of fused-ring (bicyclic) bond motifs is 2. The summed E-state index contributed by atoms with van der Waals surface area (Å²) >= 11 is 0. The molecule has 4 rings (SSSR count). The third-order valence-electron chi connectivity index (χ3n) is 5.62. The fraction of sp³-hybridized carbons (Fsp3) is 0.647. The maximum Gasteiger partial charge on any atom is 0.269 e. The molecule has 3 fully saturated rings. The average molecular weight is 334 g/mol. The predicted molar refractivity (Wildman–Crippen MR) is 85.2 cm³/mol. The van der Waals surface area contributed by atoms with E-state index in [9.17, 15) is 15.2 Å². The molecule has 7 nitrogen and oxygen atoms in total. The van der Waals surface area contributed by atoms with Crippen molar-refractivity contribution in [1.29, 1.82) is 0 Å². The molecular formula is C17H22N2O5. The maximum absolute atomic E-state index is 10.9. The molecule has 24 heavy (non-hydrogen) atoms. The monoisotopic (exact) mass is 334 g/mol. The van der Waals surface area contributed by atoms with Crippen molar-refractivity contribution in [3.63, 3.8) is 0 Å². The molecule has 1 saturated carbocycles. The molecule has 2 heterocycles. The summed E-state index contributed by atoms with van der Waals surface area (Å²) in [6.45, 7) is 0.859. The molecule has 2 atom stereocenters. The van der Waals surface area contributed by atoms with E-state index in [-0.39, 0.29) is 24.2 Å². The van der Waals surface area contributed by atoms with Gasteiger partial charge in [0.2, 0.25) is 0 Å². The fourth-order valence-electron chi connectivity index (χ4n) is 4.39. The number of aliphatic hydroxyl groups excluding tert-OH is 1. The molecule has 2 aliphatic heterocycles. The number of nitro benzene ring substituents is 1. The molecule has 0 aromatic heterocycles. The van der Waals surface area contributed by atoms with Crippen molar-refractivity contribution in [1.82, 2.24) is 4.90 Å². The van der Waals surface area contributed by atoms with Gasteiger partial charge in [-0.1, -0.05) is 6.42 Å². The molecule has 0 amide bonds. The Hall–Kier alpha value is -1.54. The molecule has 130 valence electrons. The quantitative estimate of drug-likeness (QED) is 0.675. The van der Waals surface area contributed by atoms with Crippen molar-refractivity contribution in [2.75, 3.05) is 19.8 Å². The molecule has 2 saturated heterocycles. The number of ether oxygens (including phenoxy) is 2. The molecule has 1 aromatic carbocycles. The minimum atomic E-state index is -0.510. The molecular weight excluding hydrogens is 312 g/mol. The molecule has 1 aromatic rings. The van der Waals surface area contributed by atoms with Gasteiger partial charge in [-0.15, -0.1) is 0 Å². The minimum absolute atomic E-state index is 0.0156. The first-order valence-electron chi connectivity index (χ1n) is 8.51. The van der Waals surface area contributed by atoms with Crippen LogP contribution in [0.2, 0.25) is 0 Å². The van der Waals surface area contributed by atoms with Crippen LogP contribution < -0.4 is 0 Å². The predicted octanol–water partition coefficient (Wildman–Crippen LogP) is 2.35. The second-order valence-corrected chi connectivity index (χ2v) is 7.06. The second-order valence-electron chi connectivity index (χ2n) is 7.06. The standard InChI is InChI=1S/C17H22N2O5/c20-10-16-11-23-15(13-4-6-14(7-5-13)19(21)22)18(16)17(24-12-16)8-2-1-3-9-17/h4-7,15,20H,1-3,8-12H2/t15-,16-/m0/s1. The van der Waals surface area contributed by atoms with Crippen LogP contribution in [0.3, 0.4) is 0 Å². The van der Waals surface area contributed by atoms with Gasteiger partial charge in [-0.2, -0.15) is 0 Å². The molecule has 1 N–H and O–H groups in total. The summed E-state index contributed by atoms with van der Waals surface area (Å²) in [5.41, 5.74) is 0.0369. The SMILES string of the molecule is O=[N+]([O-])c1ccc([C@@H]2OC[C@@]3(CO)COC4(CCCCC4)N23)cc1. The first kappa shape index (κ1) is 16.0. The zero-order valence-electron chi connectivity index (χ0n) is 13.5. The van der Waals surface area contributed by atoms with Crippen molar-refractivity contribution < 1.29 is 19.5 Å². The van der Waals surface area contributed by atoms with Gasteiger partial charge >= 0.3 is 0 Å². The lowest BCUT2D eigenvalue weighted by molar-refractivity contribution is -0.384. The van der Waals surface area contributed by atoms with Crippen LogP contribution in [0, 0.1) is 10.1 Å². The molecule has 1 aliphatic carbocycles. The number of nitro groups is 1. The van der Waals surface area contributed by atoms with Crippen LogP contribution in [0.25, 0.3) is 0 Å². The van der Waals surface area contributed by atoms with E-state index in [1.54, 1.807) is 12.1 Å². The van der Waals surface area contributed by atoms with Crippen molar-refractivity contribution in [2.24, 2.45) is 0 Å². The van der Waals surface area contributed by atoms with Gasteiger partial charge < -0.3 is 14.6 Å². The summed E-state index contributed by atoms with van der Waals surface area (Å²) in [5, 5.41) is 20.9. The number of nitrogens with zero attached hydrogens (tertiary/aromatic N) is 2. The third-order valence-corrected chi connectivity index (χ3v) is 5.62. The molecule has 0 unspecified atom stereocenters. The Kier molecular flexibility index (Phi) is 3.84. The first-order chi connectivity index (χ1) is 11.6. The molecule has 7 heteroatoms. The summed E-state index contributed by atoms with van der Waals surface area (Å²) in [7, 11) is 0. The van der Waals surface area contributed by atoms with Crippen LogP contribution in [-0.4, -0.2) is 46.0 Å². The molecule has 0 radical (unpaired) electrons. The topological polar surface area (TPSA) is 85.1 Å². The van der Waals surface area contributed by atoms with Gasteiger partial charge in [-0.05, 0) is 43.4 Å². The first-order valence-corrected chi connectivity index (χ1v) is 8.51. The van der Waals surface area contributed by atoms with Crippen LogP contribution >= 0.6 is 0 Å². The highest BCUT2D eigenvalue weighted by Gasteiger charge is 2.62. The highest BCUT2D eigenvalue weighted by atomic mass is 16.6. The van der Waals surface area contributed by atoms with Gasteiger partial charge in [0.05, 0.1) is 30.3 Å². The maximum atomic E-state index is 10.9. The van der Waals surface area contributed by atoms with Crippen molar-refractivity contribution in [3.05, 3.63) is 39.9 Å². The van der Waals surface area contributed by atoms with Crippen LogP contribution in [0.15, 0.2) is 24.3 Å². The summed E-state index contributed by atoms with van der Waals surface area (Å²) in [4.78, 5) is 12.7. The minimum Gasteiger partial charge on any atom is -0.394 e. The Morgan fingerprint density at radius 2 is 1.92 bits per heavy atom. The van der Waals surface area contributed by atoms with Gasteiger partial charge in [-0.25, -0.2) is 4.90 Å². The number of benzene rings is 1. The zero-order chi connectivity index (χ0) is 16.8. The number of aliphatic hydroxyl groups is 1. The number of hydrogen-bond acceptors (Lipinski definition) is 6. The van der Waals surface area contributed by atoms with E-state index >= 15 is 0 Å². The van der Waals surface area contributed by atoms with E-state index in [1.165, 1.54) is 18.6 Å². The van der Waals surface area contributed by atoms with E-state index < -0.39 is 10.5 Å². The van der Waals surface area contributed by atoms with Crippen molar-refractivity contribution >= 4 is 5.69 Å². The Bertz CT molecular complexity index is 628. The summed E-state index contributed by atoms with van der Waals surface area (Å²) < 4.78 is 12.3. The highest BCUT2D eigenvalue weighted by molar-refractivity contribution is 5.34. The van der Waals surface area contributed by atoms with Gasteiger partial charge in [0, 0.05) is 12.1 Å². The van der Waals surface area contributed by atoms with Gasteiger partial charge in [0.1, 0.15) is 12.0 Å². The normalized spacial score (nSPS) is 32.1. The van der Waals surface area contributed by atoms with E-state index in [0.717, 1.165) is 31.2 Å². The lowest BCUT2D eigenvalue weighted by Crippen LogP contribution is -2.55. The van der Waals surface area contributed by atoms with Crippen molar-refractivity contribution in [3.8, 4) is 0 Å². The second kappa shape index (κ2) is 5.77. The van der Waals surface area contributed by atoms with Crippen LogP contribution in [0.5, 0.6) is 0 Å². The highest BCUT2D eigenvalue weighted by Crippen LogP contribution is 2.52. The lowest BCUT2D eigenvalue weighted by atomic mass is 9.88. The summed E-state index contributed by atoms with van der Waals surface area (Å²) in [5.74, 6) is 0. The smallest absolute Gasteiger partial charge is 0.269 e. The lowest BCUT2D eigenvalue weighted by Gasteiger charge is -2.44. The largest absolute Gasteiger partial charge is 0.394 e. The number of rotatable bonds is 3. The molecule has 0 bridgehead atoms. The molecule has 1 spiro atoms. The Morgan fingerprint density at radius 3 is 2.54 bits per heavy atom. The van der Waals surface area contributed by atoms with Gasteiger partial charge in [0.15, 0.2) is 0 Å². The summed E-state index contributed by atoms with van der Waals surface area (Å²) in [6, 6.07) is 6.49. The Morgan fingerprint density at radius 1 is 1.21 bits per heavy atom. The average Bonchev–Trinajstić information content (AvgIpc) is 3.14.